The summed E-state index contributed by atoms with van der Waals surface area (Å²) in [5.74, 6) is 1.64. The molecule has 3 heteroatoms. The molecule has 1 heterocycles. The Hall–Kier alpha value is -0.440. The first-order valence-electron chi connectivity index (χ1n) is 5.33. The summed E-state index contributed by atoms with van der Waals surface area (Å²) in [7, 11) is 0. The number of aryl methyl sites for hydroxylation is 1. The van der Waals surface area contributed by atoms with E-state index in [4.69, 9.17) is 0 Å². The van der Waals surface area contributed by atoms with E-state index in [0.717, 1.165) is 16.8 Å². The molecule has 1 aliphatic rings. The van der Waals surface area contributed by atoms with E-state index in [-0.39, 0.29) is 0 Å². The Labute approximate surface area is 93.3 Å². The molecule has 1 fully saturated rings. The maximum absolute atomic E-state index is 4.59. The van der Waals surface area contributed by atoms with E-state index in [0.29, 0.717) is 5.92 Å². The molecule has 0 saturated heterocycles. The van der Waals surface area contributed by atoms with Crippen molar-refractivity contribution in [3.63, 3.8) is 0 Å². The van der Waals surface area contributed by atoms with Gasteiger partial charge in [0.15, 0.2) is 0 Å². The molecule has 0 bridgehead atoms. The van der Waals surface area contributed by atoms with Crippen LogP contribution in [0.15, 0.2) is 10.7 Å². The minimum Gasteiger partial charge on any atom is -0.238 e. The van der Waals surface area contributed by atoms with Crippen LogP contribution >= 0.6 is 15.9 Å². The van der Waals surface area contributed by atoms with Gasteiger partial charge < -0.3 is 0 Å². The summed E-state index contributed by atoms with van der Waals surface area (Å²) in [6, 6.07) is 2.08. The molecule has 76 valence electrons. The van der Waals surface area contributed by atoms with Crippen molar-refractivity contribution in [3.8, 4) is 0 Å². The lowest BCUT2D eigenvalue weighted by atomic mass is 10.0. The van der Waals surface area contributed by atoms with Gasteiger partial charge in [0.05, 0.1) is 0 Å². The summed E-state index contributed by atoms with van der Waals surface area (Å²) in [5.41, 5.74) is 1.24. The molecular formula is C11H15BrN2. The minimum atomic E-state index is 0.680. The smallest absolute Gasteiger partial charge is 0.129 e. The molecule has 2 nitrogen and oxygen atoms in total. The molecule has 14 heavy (non-hydrogen) atoms. The van der Waals surface area contributed by atoms with Crippen molar-refractivity contribution in [2.45, 2.75) is 44.9 Å². The zero-order valence-corrected chi connectivity index (χ0v) is 10.0. The van der Waals surface area contributed by atoms with Gasteiger partial charge in [-0.1, -0.05) is 19.8 Å². The summed E-state index contributed by atoms with van der Waals surface area (Å²) in [5, 5.41) is 0. The molecule has 0 aromatic carbocycles. The highest BCUT2D eigenvalue weighted by Crippen LogP contribution is 2.33. The van der Waals surface area contributed by atoms with Crippen molar-refractivity contribution in [1.29, 1.82) is 0 Å². The van der Waals surface area contributed by atoms with Crippen LogP contribution in [0.4, 0.5) is 0 Å². The average molecular weight is 255 g/mol. The predicted molar refractivity (Wildman–Crippen MR) is 60.3 cm³/mol. The van der Waals surface area contributed by atoms with Gasteiger partial charge in [-0.05, 0) is 34.8 Å². The van der Waals surface area contributed by atoms with Gasteiger partial charge in [0.25, 0.3) is 0 Å². The molecule has 0 spiro atoms. The van der Waals surface area contributed by atoms with Crippen molar-refractivity contribution in [2.75, 3.05) is 0 Å². The van der Waals surface area contributed by atoms with E-state index in [9.17, 15) is 0 Å². The molecule has 0 radical (unpaired) electrons. The second kappa shape index (κ2) is 4.39. The normalized spacial score (nSPS) is 17.6. The number of hydrogen-bond donors (Lipinski definition) is 0. The lowest BCUT2D eigenvalue weighted by Crippen LogP contribution is -2.02. The summed E-state index contributed by atoms with van der Waals surface area (Å²) in [6.45, 7) is 2.10. The van der Waals surface area contributed by atoms with Crippen LogP contribution in [-0.4, -0.2) is 9.97 Å². The molecular weight excluding hydrogens is 240 g/mol. The van der Waals surface area contributed by atoms with Crippen LogP contribution in [0.1, 0.15) is 50.0 Å². The first-order chi connectivity index (χ1) is 6.79. The van der Waals surface area contributed by atoms with Crippen LogP contribution in [-0.2, 0) is 6.42 Å². The molecule has 0 aliphatic heterocycles. The number of rotatable bonds is 2. The van der Waals surface area contributed by atoms with E-state index < -0.39 is 0 Å². The molecule has 0 amide bonds. The Morgan fingerprint density at radius 3 is 2.71 bits per heavy atom. The molecule has 1 aliphatic carbocycles. The van der Waals surface area contributed by atoms with Gasteiger partial charge in [-0.15, -0.1) is 0 Å². The van der Waals surface area contributed by atoms with Gasteiger partial charge in [0.2, 0.25) is 0 Å². The Morgan fingerprint density at radius 2 is 2.07 bits per heavy atom. The third kappa shape index (κ3) is 2.14. The number of halogens is 1. The third-order valence-corrected chi connectivity index (χ3v) is 3.26. The molecule has 1 aromatic heterocycles. The Kier molecular flexibility index (Phi) is 3.16. The van der Waals surface area contributed by atoms with Crippen molar-refractivity contribution in [2.24, 2.45) is 0 Å². The molecule has 1 aromatic rings. The Morgan fingerprint density at radius 1 is 1.36 bits per heavy atom. The number of hydrogen-bond acceptors (Lipinski definition) is 2. The van der Waals surface area contributed by atoms with Gasteiger partial charge in [-0.25, -0.2) is 9.97 Å². The lowest BCUT2D eigenvalue weighted by Gasteiger charge is -2.09. The largest absolute Gasteiger partial charge is 0.238 e. The Bertz CT molecular complexity index is 319. The molecule has 1 saturated carbocycles. The third-order valence-electron chi connectivity index (χ3n) is 2.85. The second-order valence-corrected chi connectivity index (χ2v) is 4.68. The molecule has 0 N–H and O–H groups in total. The minimum absolute atomic E-state index is 0.680. The van der Waals surface area contributed by atoms with Crippen LogP contribution in [0.25, 0.3) is 0 Å². The first kappa shape index (κ1) is 10.1. The molecule has 0 unspecified atom stereocenters. The fourth-order valence-electron chi connectivity index (χ4n) is 2.07. The number of aromatic nitrogens is 2. The topological polar surface area (TPSA) is 25.8 Å². The van der Waals surface area contributed by atoms with Crippen LogP contribution in [0, 0.1) is 0 Å². The van der Waals surface area contributed by atoms with Crippen LogP contribution in [0.3, 0.4) is 0 Å². The van der Waals surface area contributed by atoms with Crippen LogP contribution < -0.4 is 0 Å². The zero-order chi connectivity index (χ0) is 9.97. The highest BCUT2D eigenvalue weighted by atomic mass is 79.9. The maximum Gasteiger partial charge on any atom is 0.129 e. The highest BCUT2D eigenvalue weighted by molar-refractivity contribution is 9.10. The SMILES string of the molecule is CCc1nc(Br)cc(C2CCCC2)n1. The average Bonchev–Trinajstić information content (AvgIpc) is 2.69. The summed E-state index contributed by atoms with van der Waals surface area (Å²) in [4.78, 5) is 8.92. The predicted octanol–water partition coefficient (Wildman–Crippen LogP) is 3.46. The van der Waals surface area contributed by atoms with Crippen molar-refractivity contribution in [1.82, 2.24) is 9.97 Å². The monoisotopic (exact) mass is 254 g/mol. The zero-order valence-electron chi connectivity index (χ0n) is 8.46. The molecule has 0 atom stereocenters. The van der Waals surface area contributed by atoms with Gasteiger partial charge in [0.1, 0.15) is 10.4 Å². The Balaban J connectivity index is 2.27. The van der Waals surface area contributed by atoms with Gasteiger partial charge >= 0.3 is 0 Å². The highest BCUT2D eigenvalue weighted by Gasteiger charge is 2.19. The summed E-state index contributed by atoms with van der Waals surface area (Å²) in [6.07, 6.45) is 6.22. The van der Waals surface area contributed by atoms with Crippen molar-refractivity contribution < 1.29 is 0 Å². The van der Waals surface area contributed by atoms with Crippen LogP contribution in [0.2, 0.25) is 0 Å². The summed E-state index contributed by atoms with van der Waals surface area (Å²) >= 11 is 3.45. The van der Waals surface area contributed by atoms with Crippen molar-refractivity contribution >= 4 is 15.9 Å². The maximum atomic E-state index is 4.59. The number of nitrogens with zero attached hydrogens (tertiary/aromatic N) is 2. The standard InChI is InChI=1S/C11H15BrN2/c1-2-11-13-9(7-10(12)14-11)8-5-3-4-6-8/h7-8H,2-6H2,1H3. The van der Waals surface area contributed by atoms with E-state index in [1.807, 2.05) is 0 Å². The first-order valence-corrected chi connectivity index (χ1v) is 6.12. The summed E-state index contributed by atoms with van der Waals surface area (Å²) < 4.78 is 0.936. The van der Waals surface area contributed by atoms with Gasteiger partial charge in [-0.2, -0.15) is 0 Å². The van der Waals surface area contributed by atoms with E-state index >= 15 is 0 Å². The van der Waals surface area contributed by atoms with Crippen LogP contribution in [0.5, 0.6) is 0 Å². The van der Waals surface area contributed by atoms with Crippen molar-refractivity contribution in [3.05, 3.63) is 22.2 Å². The fourth-order valence-corrected chi connectivity index (χ4v) is 2.51. The molecule has 2 rings (SSSR count). The van der Waals surface area contributed by atoms with Gasteiger partial charge in [0, 0.05) is 18.0 Å². The second-order valence-electron chi connectivity index (χ2n) is 3.87. The van der Waals surface area contributed by atoms with Gasteiger partial charge in [-0.3, -0.25) is 0 Å². The van der Waals surface area contributed by atoms with E-state index in [2.05, 4.69) is 38.9 Å². The fraction of sp³-hybridized carbons (Fsp3) is 0.636. The quantitative estimate of drug-likeness (QED) is 0.756. The lowest BCUT2D eigenvalue weighted by molar-refractivity contribution is 0.682. The van der Waals surface area contributed by atoms with E-state index in [1.165, 1.54) is 31.4 Å². The van der Waals surface area contributed by atoms with E-state index in [1.54, 1.807) is 0 Å².